The van der Waals surface area contributed by atoms with Gasteiger partial charge in [0.25, 0.3) is 0 Å². The number of rotatable bonds is 3. The van der Waals surface area contributed by atoms with Crippen LogP contribution < -0.4 is 5.73 Å². The van der Waals surface area contributed by atoms with E-state index in [0.717, 1.165) is 5.56 Å². The molecule has 0 spiro atoms. The Bertz CT molecular complexity index is 471. The highest BCUT2D eigenvalue weighted by Gasteiger charge is 2.13. The lowest BCUT2D eigenvalue weighted by Crippen LogP contribution is -2.15. The van der Waals surface area contributed by atoms with Gasteiger partial charge in [-0.1, -0.05) is 23.2 Å². The zero-order valence-corrected chi connectivity index (χ0v) is 9.87. The molecule has 0 aromatic carbocycles. The Morgan fingerprint density at radius 1 is 1.44 bits per heavy atom. The molecular formula is C11H10Cl2N2O. The molecule has 0 aliphatic heterocycles. The lowest BCUT2D eigenvalue weighted by molar-refractivity contribution is 0.560. The van der Waals surface area contributed by atoms with E-state index >= 15 is 0 Å². The monoisotopic (exact) mass is 256 g/mol. The van der Waals surface area contributed by atoms with Gasteiger partial charge in [-0.05, 0) is 24.1 Å². The third-order valence-electron chi connectivity index (χ3n) is 2.22. The molecule has 2 aromatic heterocycles. The third kappa shape index (κ3) is 2.55. The Labute approximate surface area is 103 Å². The average Bonchev–Trinajstić information content (AvgIpc) is 2.70. The SMILES string of the molecule is NC(Cc1ccoc1)c1ncc(Cl)cc1Cl. The van der Waals surface area contributed by atoms with Crippen LogP contribution in [0, 0.1) is 0 Å². The maximum absolute atomic E-state index is 6.01. The molecule has 2 N–H and O–H groups in total. The van der Waals surface area contributed by atoms with Gasteiger partial charge in [-0.15, -0.1) is 0 Å². The van der Waals surface area contributed by atoms with Crippen LogP contribution in [0.2, 0.25) is 10.0 Å². The molecular weight excluding hydrogens is 247 g/mol. The van der Waals surface area contributed by atoms with Crippen molar-refractivity contribution in [3.8, 4) is 0 Å². The van der Waals surface area contributed by atoms with Crippen LogP contribution in [0.1, 0.15) is 17.3 Å². The van der Waals surface area contributed by atoms with E-state index in [2.05, 4.69) is 4.98 Å². The van der Waals surface area contributed by atoms with Gasteiger partial charge in [0.05, 0.1) is 34.3 Å². The van der Waals surface area contributed by atoms with Gasteiger partial charge in [-0.3, -0.25) is 4.98 Å². The fraction of sp³-hybridized carbons (Fsp3) is 0.182. The topological polar surface area (TPSA) is 52.0 Å². The fourth-order valence-corrected chi connectivity index (χ4v) is 1.98. The van der Waals surface area contributed by atoms with Crippen molar-refractivity contribution < 1.29 is 4.42 Å². The summed E-state index contributed by atoms with van der Waals surface area (Å²) in [4.78, 5) is 4.14. The van der Waals surface area contributed by atoms with E-state index in [9.17, 15) is 0 Å². The van der Waals surface area contributed by atoms with Gasteiger partial charge >= 0.3 is 0 Å². The summed E-state index contributed by atoms with van der Waals surface area (Å²) in [6, 6.07) is 3.24. The van der Waals surface area contributed by atoms with Crippen molar-refractivity contribution in [3.05, 3.63) is 52.2 Å². The van der Waals surface area contributed by atoms with E-state index in [1.807, 2.05) is 6.07 Å². The van der Waals surface area contributed by atoms with E-state index in [-0.39, 0.29) is 6.04 Å². The van der Waals surface area contributed by atoms with Crippen LogP contribution in [0.5, 0.6) is 0 Å². The first-order valence-electron chi connectivity index (χ1n) is 4.74. The third-order valence-corrected chi connectivity index (χ3v) is 2.73. The number of nitrogens with two attached hydrogens (primary N) is 1. The second-order valence-corrected chi connectivity index (χ2v) is 4.31. The van der Waals surface area contributed by atoms with Crippen molar-refractivity contribution in [1.29, 1.82) is 0 Å². The average molecular weight is 257 g/mol. The number of halogens is 2. The summed E-state index contributed by atoms with van der Waals surface area (Å²) in [6.45, 7) is 0. The van der Waals surface area contributed by atoms with Crippen molar-refractivity contribution in [1.82, 2.24) is 4.98 Å². The Morgan fingerprint density at radius 3 is 2.88 bits per heavy atom. The molecule has 0 saturated heterocycles. The second-order valence-electron chi connectivity index (χ2n) is 3.46. The van der Waals surface area contributed by atoms with Crippen LogP contribution in [-0.2, 0) is 6.42 Å². The van der Waals surface area contributed by atoms with Gasteiger partial charge in [0.2, 0.25) is 0 Å². The molecule has 1 unspecified atom stereocenters. The van der Waals surface area contributed by atoms with E-state index in [0.29, 0.717) is 22.2 Å². The smallest absolute Gasteiger partial charge is 0.0935 e. The molecule has 5 heteroatoms. The van der Waals surface area contributed by atoms with Crippen molar-refractivity contribution in [2.75, 3.05) is 0 Å². The Balaban J connectivity index is 2.17. The van der Waals surface area contributed by atoms with Gasteiger partial charge in [0.15, 0.2) is 0 Å². The molecule has 0 fully saturated rings. The van der Waals surface area contributed by atoms with Gasteiger partial charge in [-0.2, -0.15) is 0 Å². The minimum absolute atomic E-state index is 0.262. The Kier molecular flexibility index (Phi) is 3.49. The molecule has 3 nitrogen and oxygen atoms in total. The first-order valence-corrected chi connectivity index (χ1v) is 5.50. The highest BCUT2D eigenvalue weighted by Crippen LogP contribution is 2.24. The van der Waals surface area contributed by atoms with Crippen LogP contribution >= 0.6 is 23.2 Å². The highest BCUT2D eigenvalue weighted by molar-refractivity contribution is 6.34. The number of aromatic nitrogens is 1. The molecule has 0 aliphatic carbocycles. The van der Waals surface area contributed by atoms with E-state index in [4.69, 9.17) is 33.4 Å². The van der Waals surface area contributed by atoms with Crippen molar-refractivity contribution in [2.24, 2.45) is 5.73 Å². The normalized spacial score (nSPS) is 12.7. The number of hydrogen-bond donors (Lipinski definition) is 1. The lowest BCUT2D eigenvalue weighted by atomic mass is 10.1. The molecule has 1 atom stereocenters. The predicted molar refractivity (Wildman–Crippen MR) is 63.6 cm³/mol. The number of nitrogens with zero attached hydrogens (tertiary/aromatic N) is 1. The second kappa shape index (κ2) is 4.87. The van der Waals surface area contributed by atoms with Gasteiger partial charge < -0.3 is 10.2 Å². The summed E-state index contributed by atoms with van der Waals surface area (Å²) >= 11 is 11.8. The molecule has 0 radical (unpaired) electrons. The molecule has 2 rings (SSSR count). The Hall–Kier alpha value is -1.03. The van der Waals surface area contributed by atoms with Crippen LogP contribution in [-0.4, -0.2) is 4.98 Å². The van der Waals surface area contributed by atoms with E-state index in [1.165, 1.54) is 6.20 Å². The minimum atomic E-state index is -0.262. The van der Waals surface area contributed by atoms with Crippen molar-refractivity contribution in [3.63, 3.8) is 0 Å². The largest absolute Gasteiger partial charge is 0.472 e. The zero-order valence-electron chi connectivity index (χ0n) is 8.36. The van der Waals surface area contributed by atoms with E-state index < -0.39 is 0 Å². The summed E-state index contributed by atoms with van der Waals surface area (Å²) < 4.78 is 4.97. The molecule has 2 heterocycles. The van der Waals surface area contributed by atoms with Crippen LogP contribution in [0.25, 0.3) is 0 Å². The van der Waals surface area contributed by atoms with Crippen LogP contribution in [0.15, 0.2) is 35.3 Å². The Morgan fingerprint density at radius 2 is 2.25 bits per heavy atom. The molecule has 0 aliphatic rings. The minimum Gasteiger partial charge on any atom is -0.472 e. The fourth-order valence-electron chi connectivity index (χ4n) is 1.46. The zero-order chi connectivity index (χ0) is 11.5. The summed E-state index contributed by atoms with van der Waals surface area (Å²) in [5.41, 5.74) is 7.67. The molecule has 16 heavy (non-hydrogen) atoms. The summed E-state index contributed by atoms with van der Waals surface area (Å²) in [7, 11) is 0. The first kappa shape index (κ1) is 11.5. The van der Waals surface area contributed by atoms with Gasteiger partial charge in [0.1, 0.15) is 0 Å². The maximum atomic E-state index is 6.01. The van der Waals surface area contributed by atoms with Crippen LogP contribution in [0.4, 0.5) is 0 Å². The summed E-state index contributed by atoms with van der Waals surface area (Å²) in [5.74, 6) is 0. The van der Waals surface area contributed by atoms with Crippen molar-refractivity contribution in [2.45, 2.75) is 12.5 Å². The van der Waals surface area contributed by atoms with Gasteiger partial charge in [-0.25, -0.2) is 0 Å². The highest BCUT2D eigenvalue weighted by atomic mass is 35.5. The quantitative estimate of drug-likeness (QED) is 0.918. The van der Waals surface area contributed by atoms with E-state index in [1.54, 1.807) is 18.6 Å². The number of furan rings is 1. The predicted octanol–water partition coefficient (Wildman–Crippen LogP) is 3.22. The summed E-state index contributed by atoms with van der Waals surface area (Å²) in [6.07, 6.45) is 5.44. The number of hydrogen-bond acceptors (Lipinski definition) is 3. The standard InChI is InChI=1S/C11H10Cl2N2O/c12-8-4-9(13)11(15-5-8)10(14)3-7-1-2-16-6-7/h1-2,4-6,10H,3,14H2. The first-order chi connectivity index (χ1) is 7.66. The maximum Gasteiger partial charge on any atom is 0.0935 e. The number of pyridine rings is 1. The molecule has 0 amide bonds. The lowest BCUT2D eigenvalue weighted by Gasteiger charge is -2.11. The van der Waals surface area contributed by atoms with Gasteiger partial charge in [0, 0.05) is 6.20 Å². The summed E-state index contributed by atoms with van der Waals surface area (Å²) in [5, 5.41) is 0.993. The molecule has 0 saturated carbocycles. The van der Waals surface area contributed by atoms with Crippen molar-refractivity contribution >= 4 is 23.2 Å². The van der Waals surface area contributed by atoms with Crippen LogP contribution in [0.3, 0.4) is 0 Å². The molecule has 0 bridgehead atoms. The molecule has 84 valence electrons. The molecule has 2 aromatic rings.